The van der Waals surface area contributed by atoms with Gasteiger partial charge in [0, 0.05) is 23.9 Å². The first kappa shape index (κ1) is 15.9. The van der Waals surface area contributed by atoms with Gasteiger partial charge in [-0.1, -0.05) is 0 Å². The molecule has 0 bridgehead atoms. The third-order valence-corrected chi connectivity index (χ3v) is 4.98. The van der Waals surface area contributed by atoms with Gasteiger partial charge in [-0.05, 0) is 48.0 Å². The molecule has 0 aliphatic rings. The third kappa shape index (κ3) is 2.91. The quantitative estimate of drug-likeness (QED) is 0.733. The molecule has 0 unspecified atom stereocenters. The number of carboxylic acid groups (broad SMARTS) is 1. The Kier molecular flexibility index (Phi) is 3.90. The van der Waals surface area contributed by atoms with Gasteiger partial charge in [0.05, 0.1) is 4.90 Å². The summed E-state index contributed by atoms with van der Waals surface area (Å²) in [5.74, 6) is -1.62. The minimum absolute atomic E-state index is 0.0574. The zero-order valence-electron chi connectivity index (χ0n) is 12.1. The number of fused-ring (bicyclic) bond motifs is 1. The van der Waals surface area contributed by atoms with Crippen molar-refractivity contribution in [2.24, 2.45) is 0 Å². The molecule has 2 heterocycles. The van der Waals surface area contributed by atoms with Gasteiger partial charge in [-0.15, -0.1) is 0 Å². The summed E-state index contributed by atoms with van der Waals surface area (Å²) in [5, 5.41) is 9.16. The minimum atomic E-state index is -3.90. The van der Waals surface area contributed by atoms with E-state index in [9.17, 15) is 17.6 Å². The van der Waals surface area contributed by atoms with Crippen LogP contribution in [0.25, 0.3) is 17.1 Å². The molecular formula is C16H11FN2O4S. The van der Waals surface area contributed by atoms with Crippen LogP contribution in [-0.4, -0.2) is 28.5 Å². The summed E-state index contributed by atoms with van der Waals surface area (Å²) in [7, 11) is -3.90. The third-order valence-electron chi connectivity index (χ3n) is 3.30. The summed E-state index contributed by atoms with van der Waals surface area (Å²) in [6.07, 6.45) is 5.05. The van der Waals surface area contributed by atoms with Crippen LogP contribution in [0.15, 0.2) is 59.8 Å². The number of carbonyl (C=O) groups is 1. The topological polar surface area (TPSA) is 89.3 Å². The number of halogens is 1. The van der Waals surface area contributed by atoms with E-state index in [1.54, 1.807) is 12.1 Å². The summed E-state index contributed by atoms with van der Waals surface area (Å²) in [6, 6.07) is 7.68. The van der Waals surface area contributed by atoms with E-state index in [0.29, 0.717) is 10.9 Å². The smallest absolute Gasteiger partial charge is 0.328 e. The van der Waals surface area contributed by atoms with Gasteiger partial charge in [0.2, 0.25) is 0 Å². The van der Waals surface area contributed by atoms with Crippen LogP contribution in [0.1, 0.15) is 5.56 Å². The molecule has 8 heteroatoms. The number of aliphatic carboxylic acids is 1. The summed E-state index contributed by atoms with van der Waals surface area (Å²) in [5.41, 5.74) is 0.730. The van der Waals surface area contributed by atoms with Crippen LogP contribution in [-0.2, 0) is 14.8 Å². The second-order valence-corrected chi connectivity index (χ2v) is 6.74. The molecule has 0 radical (unpaired) electrons. The van der Waals surface area contributed by atoms with Crippen LogP contribution in [0, 0.1) is 5.82 Å². The second kappa shape index (κ2) is 5.89. The largest absolute Gasteiger partial charge is 0.478 e. The Morgan fingerprint density at radius 3 is 2.58 bits per heavy atom. The molecule has 0 fully saturated rings. The number of pyridine rings is 1. The van der Waals surface area contributed by atoms with Gasteiger partial charge < -0.3 is 5.11 Å². The zero-order valence-corrected chi connectivity index (χ0v) is 12.9. The Balaban J connectivity index is 2.07. The molecule has 0 aliphatic carbocycles. The summed E-state index contributed by atoms with van der Waals surface area (Å²) >= 11 is 0. The number of nitrogens with zero attached hydrogens (tertiary/aromatic N) is 2. The maximum atomic E-state index is 13.0. The van der Waals surface area contributed by atoms with Gasteiger partial charge in [-0.25, -0.2) is 26.6 Å². The highest BCUT2D eigenvalue weighted by Gasteiger charge is 2.19. The number of hydrogen-bond acceptors (Lipinski definition) is 4. The van der Waals surface area contributed by atoms with Gasteiger partial charge in [0.1, 0.15) is 5.82 Å². The van der Waals surface area contributed by atoms with Crippen LogP contribution >= 0.6 is 0 Å². The Morgan fingerprint density at radius 2 is 1.92 bits per heavy atom. The predicted molar refractivity (Wildman–Crippen MR) is 85.4 cm³/mol. The highest BCUT2D eigenvalue weighted by molar-refractivity contribution is 7.90. The van der Waals surface area contributed by atoms with Crippen LogP contribution in [0.5, 0.6) is 0 Å². The van der Waals surface area contributed by atoms with Crippen molar-refractivity contribution in [1.82, 2.24) is 8.96 Å². The van der Waals surface area contributed by atoms with Crippen molar-refractivity contribution in [3.05, 3.63) is 66.2 Å². The Labute approximate surface area is 136 Å². The summed E-state index contributed by atoms with van der Waals surface area (Å²) in [4.78, 5) is 14.6. The number of carboxylic acids is 1. The molecule has 0 amide bonds. The highest BCUT2D eigenvalue weighted by atomic mass is 32.2. The summed E-state index contributed by atoms with van der Waals surface area (Å²) < 4.78 is 39.2. The fraction of sp³-hybridized carbons (Fsp3) is 0. The lowest BCUT2D eigenvalue weighted by molar-refractivity contribution is -0.131. The zero-order chi connectivity index (χ0) is 17.3. The molecule has 0 spiro atoms. The standard InChI is InChI=1S/C16H11FN2O4S/c17-13-2-4-14(5-3-13)24(22,23)19-8-7-12-9-11(1-6-15(20)21)10-18-16(12)19/h1-10H,(H,20,21). The molecule has 122 valence electrons. The minimum Gasteiger partial charge on any atom is -0.478 e. The number of aromatic nitrogens is 2. The average molecular weight is 346 g/mol. The fourth-order valence-electron chi connectivity index (χ4n) is 2.19. The molecule has 2 aromatic heterocycles. The van der Waals surface area contributed by atoms with E-state index in [1.165, 1.54) is 30.6 Å². The van der Waals surface area contributed by atoms with E-state index in [4.69, 9.17) is 5.11 Å². The molecule has 24 heavy (non-hydrogen) atoms. The fourth-order valence-corrected chi connectivity index (χ4v) is 3.50. The Morgan fingerprint density at radius 1 is 1.21 bits per heavy atom. The first-order valence-electron chi connectivity index (χ1n) is 6.77. The highest BCUT2D eigenvalue weighted by Crippen LogP contribution is 2.22. The maximum absolute atomic E-state index is 13.0. The number of hydrogen-bond donors (Lipinski definition) is 1. The monoisotopic (exact) mass is 346 g/mol. The normalized spacial score (nSPS) is 12.0. The van der Waals surface area contributed by atoms with Gasteiger partial charge in [0.25, 0.3) is 10.0 Å². The summed E-state index contributed by atoms with van der Waals surface area (Å²) in [6.45, 7) is 0. The molecule has 0 saturated heterocycles. The molecule has 0 aliphatic heterocycles. The first-order valence-corrected chi connectivity index (χ1v) is 8.21. The van der Waals surface area contributed by atoms with E-state index in [1.807, 2.05) is 0 Å². The lowest BCUT2D eigenvalue weighted by Gasteiger charge is -2.07. The van der Waals surface area contributed by atoms with Crippen molar-refractivity contribution >= 4 is 33.1 Å². The molecule has 0 saturated carbocycles. The van der Waals surface area contributed by atoms with Crippen LogP contribution in [0.3, 0.4) is 0 Å². The van der Waals surface area contributed by atoms with E-state index in [-0.39, 0.29) is 10.5 Å². The van der Waals surface area contributed by atoms with Gasteiger partial charge in [-0.3, -0.25) is 0 Å². The van der Waals surface area contributed by atoms with E-state index >= 15 is 0 Å². The van der Waals surface area contributed by atoms with Crippen molar-refractivity contribution in [3.63, 3.8) is 0 Å². The van der Waals surface area contributed by atoms with Crippen LogP contribution in [0.4, 0.5) is 4.39 Å². The van der Waals surface area contributed by atoms with E-state index < -0.39 is 21.8 Å². The van der Waals surface area contributed by atoms with Gasteiger partial charge in [0.15, 0.2) is 5.65 Å². The molecule has 0 atom stereocenters. The lowest BCUT2D eigenvalue weighted by atomic mass is 10.2. The van der Waals surface area contributed by atoms with Crippen molar-refractivity contribution in [3.8, 4) is 0 Å². The second-order valence-electron chi connectivity index (χ2n) is 4.92. The molecule has 3 rings (SSSR count). The molecule has 3 aromatic rings. The predicted octanol–water partition coefficient (Wildman–Crippen LogP) is 2.51. The molecule has 6 nitrogen and oxygen atoms in total. The van der Waals surface area contributed by atoms with Crippen LogP contribution < -0.4 is 0 Å². The van der Waals surface area contributed by atoms with Gasteiger partial charge in [-0.2, -0.15) is 0 Å². The number of benzene rings is 1. The van der Waals surface area contributed by atoms with E-state index in [2.05, 4.69) is 4.98 Å². The van der Waals surface area contributed by atoms with Crippen molar-refractivity contribution in [2.45, 2.75) is 4.90 Å². The molecule has 1 aromatic carbocycles. The van der Waals surface area contributed by atoms with Crippen LogP contribution in [0.2, 0.25) is 0 Å². The van der Waals surface area contributed by atoms with E-state index in [0.717, 1.165) is 22.2 Å². The first-order chi connectivity index (χ1) is 11.4. The lowest BCUT2D eigenvalue weighted by Crippen LogP contribution is -2.12. The Bertz CT molecular complexity index is 1050. The van der Waals surface area contributed by atoms with Crippen molar-refractivity contribution in [1.29, 1.82) is 0 Å². The molecule has 1 N–H and O–H groups in total. The molecular weight excluding hydrogens is 335 g/mol. The number of rotatable bonds is 4. The van der Waals surface area contributed by atoms with Crippen molar-refractivity contribution in [2.75, 3.05) is 0 Å². The maximum Gasteiger partial charge on any atom is 0.328 e. The van der Waals surface area contributed by atoms with Crippen molar-refractivity contribution < 1.29 is 22.7 Å². The Hall–Kier alpha value is -3.00. The van der Waals surface area contributed by atoms with Gasteiger partial charge >= 0.3 is 5.97 Å². The average Bonchev–Trinajstić information content (AvgIpc) is 2.97. The SMILES string of the molecule is O=C(O)C=Cc1cnc2c(ccn2S(=O)(=O)c2ccc(F)cc2)c1.